The van der Waals surface area contributed by atoms with Crippen LogP contribution in [-0.2, 0) is 19.9 Å². The monoisotopic (exact) mass is 378 g/mol. The van der Waals surface area contributed by atoms with E-state index < -0.39 is 23.8 Å². The van der Waals surface area contributed by atoms with Crippen LogP contribution < -0.4 is 0 Å². The first-order valence-corrected chi connectivity index (χ1v) is 12.6. The summed E-state index contributed by atoms with van der Waals surface area (Å²) < 4.78 is 30.0. The highest BCUT2D eigenvalue weighted by Crippen LogP contribution is 2.38. The van der Waals surface area contributed by atoms with Crippen molar-refractivity contribution < 1.29 is 18.0 Å². The standard InChI is InChI=1S/C16H27ClO4SSi/c1-15(2,3)23(6,7)21-11-16(4,18)13-10-12(17)8-9-14(13)22(5,19)20/h8-10,18H,11H2,1-7H3/t16-/m1/s1. The molecule has 7 heteroatoms. The second kappa shape index (κ2) is 6.48. The van der Waals surface area contributed by atoms with Gasteiger partial charge in [0.05, 0.1) is 11.5 Å². The molecular formula is C16H27ClO4SSi. The maximum Gasteiger partial charge on any atom is 0.192 e. The molecule has 0 aliphatic carbocycles. The van der Waals surface area contributed by atoms with Gasteiger partial charge in [0.25, 0.3) is 0 Å². The molecule has 1 aromatic rings. The lowest BCUT2D eigenvalue weighted by Crippen LogP contribution is -2.44. The van der Waals surface area contributed by atoms with Crippen molar-refractivity contribution in [1.29, 1.82) is 0 Å². The smallest absolute Gasteiger partial charge is 0.192 e. The van der Waals surface area contributed by atoms with Gasteiger partial charge < -0.3 is 9.53 Å². The van der Waals surface area contributed by atoms with Gasteiger partial charge >= 0.3 is 0 Å². The Balaban J connectivity index is 3.22. The molecule has 1 atom stereocenters. The summed E-state index contributed by atoms with van der Waals surface area (Å²) in [6.07, 6.45) is 1.12. The summed E-state index contributed by atoms with van der Waals surface area (Å²) in [5, 5.41) is 11.2. The summed E-state index contributed by atoms with van der Waals surface area (Å²) in [6.45, 7) is 12.1. The Morgan fingerprint density at radius 3 is 2.17 bits per heavy atom. The van der Waals surface area contributed by atoms with Gasteiger partial charge in [-0.05, 0) is 43.3 Å². The van der Waals surface area contributed by atoms with E-state index in [1.165, 1.54) is 18.2 Å². The molecule has 0 spiro atoms. The number of sulfone groups is 1. The van der Waals surface area contributed by atoms with E-state index in [0.717, 1.165) is 6.26 Å². The lowest BCUT2D eigenvalue weighted by molar-refractivity contribution is 0.000312. The van der Waals surface area contributed by atoms with Crippen LogP contribution in [0.1, 0.15) is 33.3 Å². The fourth-order valence-electron chi connectivity index (χ4n) is 1.86. The number of aliphatic hydroxyl groups is 1. The number of benzene rings is 1. The quantitative estimate of drug-likeness (QED) is 0.787. The van der Waals surface area contributed by atoms with Crippen molar-refractivity contribution in [1.82, 2.24) is 0 Å². The molecule has 0 amide bonds. The molecule has 1 N–H and O–H groups in total. The van der Waals surface area contributed by atoms with Crippen LogP contribution in [0.4, 0.5) is 0 Å². The normalized spacial score (nSPS) is 16.2. The molecule has 0 saturated carbocycles. The first-order chi connectivity index (χ1) is 10.1. The van der Waals surface area contributed by atoms with Gasteiger partial charge in [0.2, 0.25) is 0 Å². The topological polar surface area (TPSA) is 63.6 Å². The van der Waals surface area contributed by atoms with Gasteiger partial charge in [-0.3, -0.25) is 0 Å². The minimum Gasteiger partial charge on any atom is -0.414 e. The maximum atomic E-state index is 12.0. The molecule has 0 aliphatic heterocycles. The minimum absolute atomic E-state index is 0.00290. The minimum atomic E-state index is -3.48. The van der Waals surface area contributed by atoms with E-state index >= 15 is 0 Å². The molecule has 0 bridgehead atoms. The van der Waals surface area contributed by atoms with Crippen LogP contribution in [0, 0.1) is 0 Å². The Bertz CT molecular complexity index is 676. The fraction of sp³-hybridized carbons (Fsp3) is 0.625. The number of rotatable bonds is 5. The first-order valence-electron chi connectivity index (χ1n) is 7.44. The van der Waals surface area contributed by atoms with Crippen molar-refractivity contribution in [3.63, 3.8) is 0 Å². The maximum absolute atomic E-state index is 12.0. The second-order valence-electron chi connectivity index (χ2n) is 7.74. The summed E-state index contributed by atoms with van der Waals surface area (Å²) in [6, 6.07) is 4.42. The van der Waals surface area contributed by atoms with Crippen molar-refractivity contribution in [2.75, 3.05) is 12.9 Å². The Kier molecular flexibility index (Phi) is 5.82. The molecule has 0 fully saturated rings. The summed E-state index contributed by atoms with van der Waals surface area (Å²) in [5.74, 6) is 0. The van der Waals surface area contributed by atoms with E-state index in [-0.39, 0.29) is 22.1 Å². The Morgan fingerprint density at radius 2 is 1.74 bits per heavy atom. The third-order valence-electron chi connectivity index (χ3n) is 4.44. The van der Waals surface area contributed by atoms with Crippen LogP contribution in [-0.4, -0.2) is 34.7 Å². The molecule has 0 aliphatic rings. The van der Waals surface area contributed by atoms with Crippen molar-refractivity contribution in [2.45, 2.75) is 56.3 Å². The largest absolute Gasteiger partial charge is 0.414 e. The lowest BCUT2D eigenvalue weighted by atomic mass is 9.97. The lowest BCUT2D eigenvalue weighted by Gasteiger charge is -2.39. The third-order valence-corrected chi connectivity index (χ3v) is 10.3. The van der Waals surface area contributed by atoms with E-state index in [1.807, 2.05) is 0 Å². The van der Waals surface area contributed by atoms with Crippen molar-refractivity contribution in [3.05, 3.63) is 28.8 Å². The molecule has 132 valence electrons. The van der Waals surface area contributed by atoms with E-state index in [9.17, 15) is 13.5 Å². The zero-order valence-corrected chi connectivity index (χ0v) is 17.5. The van der Waals surface area contributed by atoms with Crippen molar-refractivity contribution in [2.24, 2.45) is 0 Å². The van der Waals surface area contributed by atoms with Crippen LogP contribution in [0.25, 0.3) is 0 Å². The Labute approximate surface area is 145 Å². The predicted molar refractivity (Wildman–Crippen MR) is 97.3 cm³/mol. The van der Waals surface area contributed by atoms with Crippen LogP contribution in [0.2, 0.25) is 23.2 Å². The third kappa shape index (κ3) is 5.03. The number of hydrogen-bond donors (Lipinski definition) is 1. The molecule has 23 heavy (non-hydrogen) atoms. The van der Waals surface area contributed by atoms with E-state index in [4.69, 9.17) is 16.0 Å². The highest BCUT2D eigenvalue weighted by Gasteiger charge is 2.40. The van der Waals surface area contributed by atoms with Crippen molar-refractivity contribution >= 4 is 29.8 Å². The van der Waals surface area contributed by atoms with Crippen LogP contribution in [0.3, 0.4) is 0 Å². The highest BCUT2D eigenvalue weighted by molar-refractivity contribution is 7.90. The van der Waals surface area contributed by atoms with E-state index in [2.05, 4.69) is 33.9 Å². The highest BCUT2D eigenvalue weighted by atomic mass is 35.5. The molecule has 1 aromatic carbocycles. The molecule has 0 radical (unpaired) electrons. The molecule has 0 saturated heterocycles. The van der Waals surface area contributed by atoms with Crippen LogP contribution in [0.5, 0.6) is 0 Å². The van der Waals surface area contributed by atoms with Gasteiger partial charge in [-0.25, -0.2) is 8.42 Å². The van der Waals surface area contributed by atoms with Gasteiger partial charge in [-0.1, -0.05) is 32.4 Å². The molecule has 0 aromatic heterocycles. The van der Waals surface area contributed by atoms with Crippen LogP contribution in [0.15, 0.2) is 23.1 Å². The molecule has 0 heterocycles. The van der Waals surface area contributed by atoms with Crippen molar-refractivity contribution in [3.8, 4) is 0 Å². The zero-order chi connectivity index (χ0) is 18.3. The zero-order valence-electron chi connectivity index (χ0n) is 14.9. The number of halogens is 1. The summed E-state index contributed by atoms with van der Waals surface area (Å²) >= 11 is 6.00. The molecular weight excluding hydrogens is 352 g/mol. The summed E-state index contributed by atoms with van der Waals surface area (Å²) in [5.41, 5.74) is -1.18. The predicted octanol–water partition coefficient (Wildman–Crippen LogP) is 3.97. The average Bonchev–Trinajstić information content (AvgIpc) is 2.33. The van der Waals surface area contributed by atoms with Crippen LogP contribution >= 0.6 is 11.6 Å². The van der Waals surface area contributed by atoms with Gasteiger partial charge in [-0.15, -0.1) is 0 Å². The Morgan fingerprint density at radius 1 is 1.22 bits per heavy atom. The van der Waals surface area contributed by atoms with Gasteiger partial charge in [0.1, 0.15) is 5.60 Å². The average molecular weight is 379 g/mol. The summed E-state index contributed by atoms with van der Waals surface area (Å²) in [4.78, 5) is 0.0748. The first kappa shape index (κ1) is 20.6. The van der Waals surface area contributed by atoms with Gasteiger partial charge in [-0.2, -0.15) is 0 Å². The molecule has 1 rings (SSSR count). The number of hydrogen-bond acceptors (Lipinski definition) is 4. The fourth-order valence-corrected chi connectivity index (χ4v) is 4.10. The van der Waals surface area contributed by atoms with E-state index in [1.54, 1.807) is 6.92 Å². The molecule has 0 unspecified atom stereocenters. The SMILES string of the molecule is CC(C)(C)[Si](C)(C)OC[C@@](C)(O)c1cc(Cl)ccc1S(C)(=O)=O. The Hall–Kier alpha value is -0.403. The molecule has 4 nitrogen and oxygen atoms in total. The van der Waals surface area contributed by atoms with Gasteiger partial charge in [0.15, 0.2) is 18.2 Å². The summed E-state index contributed by atoms with van der Waals surface area (Å²) in [7, 11) is -5.55. The second-order valence-corrected chi connectivity index (χ2v) is 15.0. The van der Waals surface area contributed by atoms with Gasteiger partial charge in [0, 0.05) is 16.8 Å². The van der Waals surface area contributed by atoms with E-state index in [0.29, 0.717) is 5.02 Å².